The molecule has 0 saturated heterocycles. The molecule has 0 aromatic carbocycles. The van der Waals surface area contributed by atoms with Crippen molar-refractivity contribution in [3.8, 4) is 0 Å². The lowest BCUT2D eigenvalue weighted by Gasteiger charge is -2.18. The molecule has 0 spiro atoms. The predicted molar refractivity (Wildman–Crippen MR) is 66.9 cm³/mol. The van der Waals surface area contributed by atoms with Gasteiger partial charge in [0.05, 0.1) is 18.2 Å². The number of hydrogen-bond acceptors (Lipinski definition) is 3. The van der Waals surface area contributed by atoms with Gasteiger partial charge in [-0.05, 0) is 30.2 Å². The summed E-state index contributed by atoms with van der Waals surface area (Å²) in [6.07, 6.45) is 0.797. The molecule has 0 aliphatic rings. The van der Waals surface area contributed by atoms with Crippen molar-refractivity contribution in [1.29, 1.82) is 0 Å². The maximum atomic E-state index is 11.9. The van der Waals surface area contributed by atoms with Gasteiger partial charge >= 0.3 is 0 Å². The quantitative estimate of drug-likeness (QED) is 0.830. The fourth-order valence-corrected chi connectivity index (χ4v) is 2.43. The normalized spacial score (nSPS) is 12.8. The van der Waals surface area contributed by atoms with Gasteiger partial charge in [0.25, 0.3) is 5.91 Å². The molecule has 1 rings (SSSR count). The van der Waals surface area contributed by atoms with E-state index in [1.54, 1.807) is 0 Å². The topological polar surface area (TPSA) is 49.3 Å². The lowest BCUT2D eigenvalue weighted by atomic mass is 10.0. The number of carbonyl (C=O) groups is 1. The molecule has 1 aromatic rings. The number of amides is 1. The monoisotopic (exact) mass is 241 g/mol. The van der Waals surface area contributed by atoms with Crippen LogP contribution in [0.1, 0.15) is 36.2 Å². The van der Waals surface area contributed by atoms with Crippen LogP contribution >= 0.6 is 11.3 Å². The fourth-order valence-electron chi connectivity index (χ4n) is 1.60. The van der Waals surface area contributed by atoms with Gasteiger partial charge < -0.3 is 10.4 Å². The first-order valence-corrected chi connectivity index (χ1v) is 6.43. The number of hydrogen-bond donors (Lipinski definition) is 2. The molecule has 0 radical (unpaired) electrons. The van der Waals surface area contributed by atoms with Crippen LogP contribution in [-0.4, -0.2) is 23.7 Å². The van der Waals surface area contributed by atoms with Crippen LogP contribution < -0.4 is 5.32 Å². The van der Waals surface area contributed by atoms with E-state index in [1.807, 2.05) is 17.7 Å². The lowest BCUT2D eigenvalue weighted by Crippen LogP contribution is -2.38. The van der Waals surface area contributed by atoms with Gasteiger partial charge in [0.1, 0.15) is 0 Å². The maximum absolute atomic E-state index is 11.9. The Morgan fingerprint density at radius 3 is 2.62 bits per heavy atom. The summed E-state index contributed by atoms with van der Waals surface area (Å²) in [5.74, 6) is 0.375. The number of carbonyl (C=O) groups excluding carboxylic acids is 1. The Morgan fingerprint density at radius 1 is 1.50 bits per heavy atom. The molecule has 0 aliphatic carbocycles. The van der Waals surface area contributed by atoms with Gasteiger partial charge in [-0.25, -0.2) is 0 Å². The fraction of sp³-hybridized carbons (Fsp3) is 0.583. The smallest absolute Gasteiger partial charge is 0.252 e. The summed E-state index contributed by atoms with van der Waals surface area (Å²) in [4.78, 5) is 11.9. The van der Waals surface area contributed by atoms with Gasteiger partial charge in [0.15, 0.2) is 0 Å². The number of aliphatic hydroxyl groups excluding tert-OH is 1. The highest BCUT2D eigenvalue weighted by Crippen LogP contribution is 2.14. The molecule has 1 atom stereocenters. The second kappa shape index (κ2) is 6.01. The Bertz CT molecular complexity index is 347. The zero-order valence-electron chi connectivity index (χ0n) is 9.99. The highest BCUT2D eigenvalue weighted by atomic mass is 32.1. The van der Waals surface area contributed by atoms with Gasteiger partial charge in [-0.15, -0.1) is 0 Å². The highest BCUT2D eigenvalue weighted by molar-refractivity contribution is 7.08. The first-order valence-electron chi connectivity index (χ1n) is 5.49. The minimum absolute atomic E-state index is 0.00684. The Labute approximate surface area is 100 Å². The second-order valence-corrected chi connectivity index (χ2v) is 5.19. The van der Waals surface area contributed by atoms with Crippen LogP contribution in [0.3, 0.4) is 0 Å². The van der Waals surface area contributed by atoms with Crippen molar-refractivity contribution < 1.29 is 9.90 Å². The summed E-state index contributed by atoms with van der Waals surface area (Å²) >= 11 is 1.52. The van der Waals surface area contributed by atoms with Crippen LogP contribution in [0.15, 0.2) is 10.8 Å². The van der Waals surface area contributed by atoms with E-state index in [2.05, 4.69) is 19.2 Å². The minimum atomic E-state index is -0.146. The van der Waals surface area contributed by atoms with E-state index >= 15 is 0 Å². The largest absolute Gasteiger partial charge is 0.394 e. The minimum Gasteiger partial charge on any atom is -0.394 e. The Kier molecular flexibility index (Phi) is 4.96. The van der Waals surface area contributed by atoms with Crippen LogP contribution in [0, 0.1) is 12.8 Å². The Morgan fingerprint density at radius 2 is 2.19 bits per heavy atom. The van der Waals surface area contributed by atoms with E-state index in [0.29, 0.717) is 11.5 Å². The Hall–Kier alpha value is -0.870. The van der Waals surface area contributed by atoms with Crippen molar-refractivity contribution in [2.45, 2.75) is 33.2 Å². The van der Waals surface area contributed by atoms with E-state index < -0.39 is 0 Å². The summed E-state index contributed by atoms with van der Waals surface area (Å²) < 4.78 is 0. The first-order chi connectivity index (χ1) is 7.54. The van der Waals surface area contributed by atoms with E-state index in [4.69, 9.17) is 0 Å². The molecule has 1 amide bonds. The van der Waals surface area contributed by atoms with Gasteiger partial charge in [0.2, 0.25) is 0 Å². The molecule has 0 saturated carbocycles. The summed E-state index contributed by atoms with van der Waals surface area (Å²) in [7, 11) is 0. The van der Waals surface area contributed by atoms with Gasteiger partial charge in [0, 0.05) is 5.38 Å². The molecular formula is C12H19NO2S. The average molecular weight is 241 g/mol. The molecule has 90 valence electrons. The summed E-state index contributed by atoms with van der Waals surface area (Å²) in [6, 6.07) is -0.146. The van der Waals surface area contributed by atoms with E-state index in [0.717, 1.165) is 12.0 Å². The van der Waals surface area contributed by atoms with Crippen LogP contribution in [0.4, 0.5) is 0 Å². The highest BCUT2D eigenvalue weighted by Gasteiger charge is 2.15. The summed E-state index contributed by atoms with van der Waals surface area (Å²) in [6.45, 7) is 6.06. The third-order valence-electron chi connectivity index (χ3n) is 2.41. The van der Waals surface area contributed by atoms with Gasteiger partial charge in [-0.2, -0.15) is 11.3 Å². The van der Waals surface area contributed by atoms with Gasteiger partial charge in [-0.3, -0.25) is 4.79 Å². The van der Waals surface area contributed by atoms with Crippen LogP contribution in [-0.2, 0) is 0 Å². The lowest BCUT2D eigenvalue weighted by molar-refractivity contribution is 0.0908. The molecule has 2 N–H and O–H groups in total. The van der Waals surface area contributed by atoms with Crippen molar-refractivity contribution in [3.63, 3.8) is 0 Å². The van der Waals surface area contributed by atoms with E-state index in [-0.39, 0.29) is 18.6 Å². The van der Waals surface area contributed by atoms with E-state index in [1.165, 1.54) is 11.3 Å². The number of rotatable bonds is 5. The number of aliphatic hydroxyl groups is 1. The van der Waals surface area contributed by atoms with Crippen LogP contribution in [0.5, 0.6) is 0 Å². The first kappa shape index (κ1) is 13.2. The number of nitrogens with one attached hydrogen (secondary N) is 1. The molecule has 0 bridgehead atoms. The predicted octanol–water partition coefficient (Wildman–Crippen LogP) is 2.19. The van der Waals surface area contributed by atoms with Crippen LogP contribution in [0.2, 0.25) is 0 Å². The molecule has 4 heteroatoms. The van der Waals surface area contributed by atoms with Crippen molar-refractivity contribution in [2.75, 3.05) is 6.61 Å². The number of aryl methyl sites for hydroxylation is 1. The van der Waals surface area contributed by atoms with Crippen molar-refractivity contribution in [2.24, 2.45) is 5.92 Å². The van der Waals surface area contributed by atoms with Gasteiger partial charge in [-0.1, -0.05) is 13.8 Å². The van der Waals surface area contributed by atoms with Crippen molar-refractivity contribution in [3.05, 3.63) is 21.9 Å². The summed E-state index contributed by atoms with van der Waals surface area (Å²) in [5, 5.41) is 15.8. The zero-order chi connectivity index (χ0) is 12.1. The van der Waals surface area contributed by atoms with E-state index in [9.17, 15) is 9.90 Å². The Balaban J connectivity index is 2.59. The maximum Gasteiger partial charge on any atom is 0.252 e. The van der Waals surface area contributed by atoms with Crippen molar-refractivity contribution in [1.82, 2.24) is 5.32 Å². The second-order valence-electron chi connectivity index (χ2n) is 4.45. The molecule has 1 aromatic heterocycles. The standard InChI is InChI=1S/C12H19NO2S/c1-8(2)4-10(5-14)13-12(15)11-7-16-6-9(11)3/h6-8,10,14H,4-5H2,1-3H3,(H,13,15). The molecule has 3 nitrogen and oxygen atoms in total. The molecular weight excluding hydrogens is 222 g/mol. The third kappa shape index (κ3) is 3.61. The van der Waals surface area contributed by atoms with Crippen molar-refractivity contribution >= 4 is 17.2 Å². The molecule has 0 fully saturated rings. The molecule has 16 heavy (non-hydrogen) atoms. The molecule has 1 unspecified atom stereocenters. The number of thiophene rings is 1. The third-order valence-corrected chi connectivity index (χ3v) is 3.27. The average Bonchev–Trinajstić information content (AvgIpc) is 2.62. The SMILES string of the molecule is Cc1cscc1C(=O)NC(CO)CC(C)C. The van der Waals surface area contributed by atoms with Crippen LogP contribution in [0.25, 0.3) is 0 Å². The summed E-state index contributed by atoms with van der Waals surface area (Å²) in [5.41, 5.74) is 1.70. The zero-order valence-corrected chi connectivity index (χ0v) is 10.8. The molecule has 1 heterocycles. The molecule has 0 aliphatic heterocycles.